The summed E-state index contributed by atoms with van der Waals surface area (Å²) in [6, 6.07) is 17.8. The summed E-state index contributed by atoms with van der Waals surface area (Å²) in [7, 11) is 0. The number of aryl methyl sites for hydroxylation is 1. The van der Waals surface area contributed by atoms with Crippen molar-refractivity contribution in [1.82, 2.24) is 4.98 Å². The van der Waals surface area contributed by atoms with Gasteiger partial charge in [0.15, 0.2) is 5.75 Å². The van der Waals surface area contributed by atoms with E-state index in [0.29, 0.717) is 11.4 Å². The molecule has 0 aliphatic carbocycles. The molecule has 1 aromatic heterocycles. The summed E-state index contributed by atoms with van der Waals surface area (Å²) >= 11 is 0. The molecule has 0 unspecified atom stereocenters. The van der Waals surface area contributed by atoms with Gasteiger partial charge in [-0.05, 0) is 18.6 Å². The number of benzene rings is 2. The van der Waals surface area contributed by atoms with Gasteiger partial charge in [0, 0.05) is 17.9 Å². The number of fused-ring (bicyclic) bond motifs is 1. The van der Waals surface area contributed by atoms with Crippen LogP contribution < -0.4 is 4.74 Å². The topological polar surface area (TPSA) is 39.2 Å². The lowest BCUT2D eigenvalue weighted by molar-refractivity contribution is -0.131. The van der Waals surface area contributed by atoms with Crippen molar-refractivity contribution in [3.05, 3.63) is 60.3 Å². The van der Waals surface area contributed by atoms with Crippen LogP contribution in [-0.2, 0) is 4.79 Å². The number of aromatic nitrogens is 1. The maximum Gasteiger partial charge on any atom is 0.308 e. The number of para-hydroxylation sites is 1. The highest BCUT2D eigenvalue weighted by Crippen LogP contribution is 2.38. The van der Waals surface area contributed by atoms with E-state index in [9.17, 15) is 4.79 Å². The Bertz CT molecular complexity index is 810. The van der Waals surface area contributed by atoms with Crippen molar-refractivity contribution >= 4 is 16.9 Å². The first kappa shape index (κ1) is 13.3. The molecule has 3 rings (SSSR count). The fraction of sp³-hybridized carbons (Fsp3) is 0.111. The minimum atomic E-state index is -0.340. The van der Waals surface area contributed by atoms with Crippen molar-refractivity contribution in [3.8, 4) is 16.9 Å². The first-order valence-corrected chi connectivity index (χ1v) is 6.80. The van der Waals surface area contributed by atoms with E-state index in [-0.39, 0.29) is 5.97 Å². The second kappa shape index (κ2) is 5.37. The molecule has 0 atom stereocenters. The van der Waals surface area contributed by atoms with Crippen molar-refractivity contribution in [1.29, 1.82) is 0 Å². The summed E-state index contributed by atoms with van der Waals surface area (Å²) in [5.41, 5.74) is 3.52. The molecule has 0 saturated carbocycles. The summed E-state index contributed by atoms with van der Waals surface area (Å²) in [6.07, 6.45) is 0. The van der Waals surface area contributed by atoms with Crippen LogP contribution in [0.2, 0.25) is 0 Å². The van der Waals surface area contributed by atoms with Crippen LogP contribution in [0.25, 0.3) is 22.0 Å². The van der Waals surface area contributed by atoms with Crippen molar-refractivity contribution in [2.75, 3.05) is 0 Å². The Balaban J connectivity index is 2.39. The van der Waals surface area contributed by atoms with Gasteiger partial charge < -0.3 is 4.74 Å². The molecule has 0 amide bonds. The van der Waals surface area contributed by atoms with Crippen molar-refractivity contribution in [2.45, 2.75) is 13.8 Å². The largest absolute Gasteiger partial charge is 0.424 e. The molecule has 3 aromatic rings. The van der Waals surface area contributed by atoms with Crippen LogP contribution in [0.5, 0.6) is 5.75 Å². The van der Waals surface area contributed by atoms with Gasteiger partial charge in [-0.1, -0.05) is 48.5 Å². The minimum Gasteiger partial charge on any atom is -0.424 e. The second-order valence-electron chi connectivity index (χ2n) is 4.88. The minimum absolute atomic E-state index is 0.340. The molecule has 3 nitrogen and oxygen atoms in total. The average molecular weight is 277 g/mol. The van der Waals surface area contributed by atoms with E-state index in [0.717, 1.165) is 22.0 Å². The Hall–Kier alpha value is -2.68. The van der Waals surface area contributed by atoms with Crippen LogP contribution in [0.15, 0.2) is 54.6 Å². The third-order valence-corrected chi connectivity index (χ3v) is 3.33. The third kappa shape index (κ3) is 2.50. The zero-order valence-corrected chi connectivity index (χ0v) is 12.0. The maximum absolute atomic E-state index is 11.4. The van der Waals surface area contributed by atoms with E-state index in [1.807, 2.05) is 61.5 Å². The monoisotopic (exact) mass is 277 g/mol. The Morgan fingerprint density at radius 3 is 2.38 bits per heavy atom. The molecule has 0 radical (unpaired) electrons. The number of carbonyl (C=O) groups excluding carboxylic acids is 1. The number of pyridine rings is 1. The highest BCUT2D eigenvalue weighted by Gasteiger charge is 2.16. The summed E-state index contributed by atoms with van der Waals surface area (Å²) in [5.74, 6) is 0.194. The number of rotatable bonds is 2. The summed E-state index contributed by atoms with van der Waals surface area (Å²) < 4.78 is 5.44. The number of hydrogen-bond acceptors (Lipinski definition) is 3. The molecule has 0 N–H and O–H groups in total. The number of nitrogens with zero attached hydrogens (tertiary/aromatic N) is 1. The predicted molar refractivity (Wildman–Crippen MR) is 83.2 cm³/mol. The third-order valence-electron chi connectivity index (χ3n) is 3.33. The van der Waals surface area contributed by atoms with Crippen LogP contribution in [0.1, 0.15) is 12.6 Å². The molecular weight excluding hydrogens is 262 g/mol. The van der Waals surface area contributed by atoms with Gasteiger partial charge in [-0.25, -0.2) is 4.98 Å². The molecule has 0 spiro atoms. The van der Waals surface area contributed by atoms with Crippen LogP contribution in [0, 0.1) is 6.92 Å². The number of esters is 1. The predicted octanol–water partition coefficient (Wildman–Crippen LogP) is 4.14. The van der Waals surface area contributed by atoms with Gasteiger partial charge in [0.2, 0.25) is 0 Å². The van der Waals surface area contributed by atoms with E-state index >= 15 is 0 Å². The van der Waals surface area contributed by atoms with Crippen molar-refractivity contribution < 1.29 is 9.53 Å². The van der Waals surface area contributed by atoms with Gasteiger partial charge in [-0.2, -0.15) is 0 Å². The van der Waals surface area contributed by atoms with Gasteiger partial charge >= 0.3 is 5.97 Å². The number of carbonyl (C=O) groups is 1. The molecule has 2 aromatic carbocycles. The Labute approximate surface area is 123 Å². The first-order chi connectivity index (χ1) is 10.2. The molecule has 1 heterocycles. The zero-order valence-electron chi connectivity index (χ0n) is 12.0. The summed E-state index contributed by atoms with van der Waals surface area (Å²) in [6.45, 7) is 3.26. The molecule has 3 heteroatoms. The Morgan fingerprint density at radius 1 is 1.00 bits per heavy atom. The van der Waals surface area contributed by atoms with Gasteiger partial charge in [-0.3, -0.25) is 4.79 Å². The van der Waals surface area contributed by atoms with Crippen LogP contribution in [0.4, 0.5) is 0 Å². The molecule has 0 fully saturated rings. The molecular formula is C18H15NO2. The van der Waals surface area contributed by atoms with E-state index in [4.69, 9.17) is 4.74 Å². The lowest BCUT2D eigenvalue weighted by Gasteiger charge is -2.14. The highest BCUT2D eigenvalue weighted by molar-refractivity contribution is 5.99. The fourth-order valence-electron chi connectivity index (χ4n) is 2.48. The quantitative estimate of drug-likeness (QED) is 0.661. The van der Waals surface area contributed by atoms with Crippen molar-refractivity contribution in [3.63, 3.8) is 0 Å². The Kier molecular flexibility index (Phi) is 3.40. The fourth-order valence-corrected chi connectivity index (χ4v) is 2.48. The van der Waals surface area contributed by atoms with E-state index in [1.54, 1.807) is 0 Å². The van der Waals surface area contributed by atoms with E-state index < -0.39 is 0 Å². The smallest absolute Gasteiger partial charge is 0.308 e. The second-order valence-corrected chi connectivity index (χ2v) is 4.88. The van der Waals surface area contributed by atoms with Gasteiger partial charge in [0.25, 0.3) is 0 Å². The lowest BCUT2D eigenvalue weighted by atomic mass is 9.99. The van der Waals surface area contributed by atoms with Crippen LogP contribution in [-0.4, -0.2) is 11.0 Å². The molecule has 104 valence electrons. The van der Waals surface area contributed by atoms with Gasteiger partial charge in [-0.15, -0.1) is 0 Å². The first-order valence-electron chi connectivity index (χ1n) is 6.80. The van der Waals surface area contributed by atoms with E-state index in [1.165, 1.54) is 6.92 Å². The highest BCUT2D eigenvalue weighted by atomic mass is 16.5. The summed E-state index contributed by atoms with van der Waals surface area (Å²) in [4.78, 5) is 16.0. The molecule has 0 saturated heterocycles. The molecule has 0 aliphatic heterocycles. The van der Waals surface area contributed by atoms with Crippen LogP contribution in [0.3, 0.4) is 0 Å². The van der Waals surface area contributed by atoms with E-state index in [2.05, 4.69) is 4.98 Å². The SMILES string of the molecule is CC(=O)Oc1c(C)nc2ccccc2c1-c1ccccc1. The normalized spacial score (nSPS) is 10.6. The summed E-state index contributed by atoms with van der Waals surface area (Å²) in [5, 5.41) is 0.977. The molecule has 0 aliphatic rings. The Morgan fingerprint density at radius 2 is 1.67 bits per heavy atom. The van der Waals surface area contributed by atoms with Gasteiger partial charge in [0.1, 0.15) is 0 Å². The number of ether oxygens (including phenoxy) is 1. The van der Waals surface area contributed by atoms with Crippen molar-refractivity contribution in [2.24, 2.45) is 0 Å². The average Bonchev–Trinajstić information content (AvgIpc) is 2.48. The van der Waals surface area contributed by atoms with Crippen LogP contribution >= 0.6 is 0 Å². The zero-order chi connectivity index (χ0) is 14.8. The number of hydrogen-bond donors (Lipinski definition) is 0. The standard InChI is InChI=1S/C18H15NO2/c1-12-18(21-13(2)20)17(14-8-4-3-5-9-14)15-10-6-7-11-16(15)19-12/h3-11H,1-2H3. The van der Waals surface area contributed by atoms with Gasteiger partial charge in [0.05, 0.1) is 11.2 Å². The molecule has 0 bridgehead atoms. The molecule has 21 heavy (non-hydrogen) atoms. The lowest BCUT2D eigenvalue weighted by Crippen LogP contribution is -2.06. The maximum atomic E-state index is 11.4.